The van der Waals surface area contributed by atoms with E-state index < -0.39 is 0 Å². The second-order valence-electron chi connectivity index (χ2n) is 6.16. The molecular formula is C18H16ClN7O. The molecule has 0 saturated carbocycles. The van der Waals surface area contributed by atoms with Crippen LogP contribution in [0.2, 0.25) is 5.02 Å². The Morgan fingerprint density at radius 2 is 2.11 bits per heavy atom. The second kappa shape index (κ2) is 6.81. The maximum Gasteiger partial charge on any atom is 0.253 e. The predicted octanol–water partition coefficient (Wildman–Crippen LogP) is 2.94. The number of anilines is 1. The van der Waals surface area contributed by atoms with E-state index in [9.17, 15) is 4.79 Å². The summed E-state index contributed by atoms with van der Waals surface area (Å²) < 4.78 is 1.63. The van der Waals surface area contributed by atoms with Gasteiger partial charge in [-0.05, 0) is 37.3 Å². The molecule has 9 heteroatoms. The molecule has 0 amide bonds. The highest BCUT2D eigenvalue weighted by Gasteiger charge is 2.14. The molecule has 0 fully saturated rings. The number of aryl methyl sites for hydroxylation is 1. The zero-order chi connectivity index (χ0) is 19.0. The van der Waals surface area contributed by atoms with E-state index in [0.717, 1.165) is 16.6 Å². The number of aromatic amines is 1. The van der Waals surface area contributed by atoms with Crippen molar-refractivity contribution < 1.29 is 0 Å². The topological polar surface area (TPSA) is 101 Å². The van der Waals surface area contributed by atoms with Crippen molar-refractivity contribution in [3.05, 3.63) is 63.7 Å². The van der Waals surface area contributed by atoms with Crippen molar-refractivity contribution in [1.29, 1.82) is 0 Å². The Hall–Kier alpha value is -3.26. The number of aromatic nitrogens is 6. The lowest BCUT2D eigenvalue weighted by molar-refractivity contribution is 0.719. The smallest absolute Gasteiger partial charge is 0.253 e. The Morgan fingerprint density at radius 3 is 2.89 bits per heavy atom. The molecular weight excluding hydrogens is 366 g/mol. The number of nitrogens with zero attached hydrogens (tertiary/aromatic N) is 5. The van der Waals surface area contributed by atoms with Gasteiger partial charge in [0, 0.05) is 34.7 Å². The van der Waals surface area contributed by atoms with E-state index in [1.807, 2.05) is 19.1 Å². The summed E-state index contributed by atoms with van der Waals surface area (Å²) in [4.78, 5) is 24.1. The molecule has 0 aliphatic heterocycles. The molecule has 0 spiro atoms. The van der Waals surface area contributed by atoms with Gasteiger partial charge in [0.1, 0.15) is 5.69 Å². The van der Waals surface area contributed by atoms with Gasteiger partial charge < -0.3 is 10.3 Å². The quantitative estimate of drug-likeness (QED) is 0.563. The lowest BCUT2D eigenvalue weighted by Gasteiger charge is -2.14. The second-order valence-corrected chi connectivity index (χ2v) is 6.60. The van der Waals surface area contributed by atoms with Crippen LogP contribution in [0.1, 0.15) is 18.5 Å². The number of hydrogen-bond acceptors (Lipinski definition) is 6. The Kier molecular flexibility index (Phi) is 4.33. The molecule has 4 rings (SSSR count). The van der Waals surface area contributed by atoms with Gasteiger partial charge >= 0.3 is 0 Å². The zero-order valence-corrected chi connectivity index (χ0v) is 15.4. The fourth-order valence-corrected chi connectivity index (χ4v) is 3.06. The number of rotatable bonds is 4. The Labute approximate surface area is 159 Å². The van der Waals surface area contributed by atoms with Crippen LogP contribution in [0.15, 0.2) is 47.5 Å². The molecule has 3 aromatic heterocycles. The van der Waals surface area contributed by atoms with Crippen LogP contribution in [0.25, 0.3) is 22.3 Å². The van der Waals surface area contributed by atoms with Gasteiger partial charge in [0.25, 0.3) is 5.56 Å². The van der Waals surface area contributed by atoms with E-state index in [1.165, 1.54) is 0 Å². The fourth-order valence-electron chi connectivity index (χ4n) is 2.88. The van der Waals surface area contributed by atoms with E-state index in [1.54, 1.807) is 42.3 Å². The highest BCUT2D eigenvalue weighted by atomic mass is 35.5. The maximum atomic E-state index is 12.5. The SMILES string of the molecule is C[C@H](Nc1nccc(-c2cnnn2C)n1)c1cc2cc(Cl)ccc2[nH]c1=O. The number of hydrogen-bond donors (Lipinski definition) is 2. The summed E-state index contributed by atoms with van der Waals surface area (Å²) in [5.74, 6) is 0.409. The van der Waals surface area contributed by atoms with Crippen molar-refractivity contribution in [1.82, 2.24) is 29.9 Å². The van der Waals surface area contributed by atoms with E-state index in [4.69, 9.17) is 11.6 Å². The predicted molar refractivity (Wildman–Crippen MR) is 104 cm³/mol. The Morgan fingerprint density at radius 1 is 1.26 bits per heavy atom. The summed E-state index contributed by atoms with van der Waals surface area (Å²) in [6.07, 6.45) is 3.28. The number of nitrogens with one attached hydrogen (secondary N) is 2. The summed E-state index contributed by atoms with van der Waals surface area (Å²) in [5.41, 5.74) is 2.60. The van der Waals surface area contributed by atoms with Crippen molar-refractivity contribution in [3.8, 4) is 11.4 Å². The molecule has 0 unspecified atom stereocenters. The molecule has 0 bridgehead atoms. The van der Waals surface area contributed by atoms with Crippen LogP contribution in [0, 0.1) is 0 Å². The average Bonchev–Trinajstić information content (AvgIpc) is 3.07. The third kappa shape index (κ3) is 3.39. The van der Waals surface area contributed by atoms with Crippen LogP contribution < -0.4 is 10.9 Å². The minimum absolute atomic E-state index is 0.170. The Bertz CT molecular complexity index is 1180. The van der Waals surface area contributed by atoms with Gasteiger partial charge in [-0.25, -0.2) is 14.6 Å². The molecule has 1 aromatic carbocycles. The highest BCUT2D eigenvalue weighted by molar-refractivity contribution is 6.31. The largest absolute Gasteiger partial charge is 0.347 e. The van der Waals surface area contributed by atoms with Gasteiger partial charge in [-0.2, -0.15) is 0 Å². The molecule has 2 N–H and O–H groups in total. The van der Waals surface area contributed by atoms with Crippen molar-refractivity contribution in [2.45, 2.75) is 13.0 Å². The van der Waals surface area contributed by atoms with Crippen molar-refractivity contribution in [2.24, 2.45) is 7.05 Å². The molecule has 8 nitrogen and oxygen atoms in total. The first-order chi connectivity index (χ1) is 13.0. The number of pyridine rings is 1. The fraction of sp³-hybridized carbons (Fsp3) is 0.167. The molecule has 0 aliphatic carbocycles. The summed E-state index contributed by atoms with van der Waals surface area (Å²) >= 11 is 6.06. The number of halogens is 1. The molecule has 0 aliphatic rings. The highest BCUT2D eigenvalue weighted by Crippen LogP contribution is 2.22. The van der Waals surface area contributed by atoms with Gasteiger partial charge in [0.15, 0.2) is 0 Å². The van der Waals surface area contributed by atoms with Gasteiger partial charge in [0.05, 0.1) is 17.9 Å². The van der Waals surface area contributed by atoms with Crippen LogP contribution >= 0.6 is 11.6 Å². The number of fused-ring (bicyclic) bond motifs is 1. The molecule has 1 atom stereocenters. The maximum absolute atomic E-state index is 12.5. The third-order valence-corrected chi connectivity index (χ3v) is 4.51. The van der Waals surface area contributed by atoms with Gasteiger partial charge in [-0.1, -0.05) is 16.8 Å². The minimum atomic E-state index is -0.308. The van der Waals surface area contributed by atoms with Gasteiger partial charge in [-0.15, -0.1) is 5.10 Å². The van der Waals surface area contributed by atoms with Gasteiger partial charge in [-0.3, -0.25) is 4.79 Å². The molecule has 0 radical (unpaired) electrons. The van der Waals surface area contributed by atoms with E-state index in [2.05, 4.69) is 30.6 Å². The summed E-state index contributed by atoms with van der Waals surface area (Å²) in [7, 11) is 1.79. The van der Waals surface area contributed by atoms with Crippen LogP contribution in [0.3, 0.4) is 0 Å². The van der Waals surface area contributed by atoms with Crippen molar-refractivity contribution in [3.63, 3.8) is 0 Å². The number of benzene rings is 1. The molecule has 0 saturated heterocycles. The summed E-state index contributed by atoms with van der Waals surface area (Å²) in [6, 6.07) is 8.64. The van der Waals surface area contributed by atoms with E-state index in [0.29, 0.717) is 22.2 Å². The molecule has 27 heavy (non-hydrogen) atoms. The molecule has 3 heterocycles. The normalized spacial score (nSPS) is 12.3. The third-order valence-electron chi connectivity index (χ3n) is 4.28. The van der Waals surface area contributed by atoms with Crippen molar-refractivity contribution in [2.75, 3.05) is 5.32 Å². The van der Waals surface area contributed by atoms with Crippen LogP contribution in [0.4, 0.5) is 5.95 Å². The number of H-pyrrole nitrogens is 1. The lowest BCUT2D eigenvalue weighted by Crippen LogP contribution is -2.20. The Balaban J connectivity index is 1.65. The first-order valence-electron chi connectivity index (χ1n) is 8.28. The monoisotopic (exact) mass is 381 g/mol. The van der Waals surface area contributed by atoms with Crippen LogP contribution in [-0.4, -0.2) is 29.9 Å². The first kappa shape index (κ1) is 17.2. The zero-order valence-electron chi connectivity index (χ0n) is 14.6. The lowest BCUT2D eigenvalue weighted by atomic mass is 10.1. The van der Waals surface area contributed by atoms with E-state index >= 15 is 0 Å². The first-order valence-corrected chi connectivity index (χ1v) is 8.66. The molecule has 136 valence electrons. The van der Waals surface area contributed by atoms with Crippen LogP contribution in [0.5, 0.6) is 0 Å². The average molecular weight is 382 g/mol. The summed E-state index contributed by atoms with van der Waals surface area (Å²) in [5, 5.41) is 12.4. The molecule has 4 aromatic rings. The van der Waals surface area contributed by atoms with E-state index in [-0.39, 0.29) is 11.6 Å². The van der Waals surface area contributed by atoms with Gasteiger partial charge in [0.2, 0.25) is 5.95 Å². The standard InChI is InChI=1S/C18H16ClN7O/c1-10(13-8-11-7-12(19)3-4-14(11)23-17(13)27)22-18-20-6-5-15(24-18)16-9-21-25-26(16)2/h3-10H,1-2H3,(H,23,27)(H,20,22,24)/t10-/m0/s1. The minimum Gasteiger partial charge on any atom is -0.347 e. The summed E-state index contributed by atoms with van der Waals surface area (Å²) in [6.45, 7) is 1.88. The van der Waals surface area contributed by atoms with Crippen LogP contribution in [-0.2, 0) is 7.05 Å². The van der Waals surface area contributed by atoms with Crippen molar-refractivity contribution >= 4 is 28.5 Å².